The first-order valence-corrected chi connectivity index (χ1v) is 7.26. The standard InChI is InChI=1S/C17H18N2O3/c1-18-9-5-8-15(18)16(20)19-10-13(14(11-19)17(21)22)12-6-3-2-4-7-12/h2-9,13-14H,10-11H2,1H3,(H,21,22)/t13-,14-/m0/s1. The minimum absolute atomic E-state index is 0.114. The Morgan fingerprint density at radius 2 is 1.82 bits per heavy atom. The predicted molar refractivity (Wildman–Crippen MR) is 81.6 cm³/mol. The molecule has 2 atom stereocenters. The minimum atomic E-state index is -0.851. The molecule has 1 aromatic carbocycles. The molecular formula is C17H18N2O3. The first-order chi connectivity index (χ1) is 10.6. The average Bonchev–Trinajstić information content (AvgIpc) is 3.14. The maximum Gasteiger partial charge on any atom is 0.308 e. The van der Waals surface area contributed by atoms with Gasteiger partial charge in [0, 0.05) is 32.3 Å². The number of carbonyl (C=O) groups excluding carboxylic acids is 1. The predicted octanol–water partition coefficient (Wildman–Crippen LogP) is 1.97. The highest BCUT2D eigenvalue weighted by Crippen LogP contribution is 2.33. The number of likely N-dealkylation sites (tertiary alicyclic amines) is 1. The number of amides is 1. The summed E-state index contributed by atoms with van der Waals surface area (Å²) >= 11 is 0. The van der Waals surface area contributed by atoms with Crippen LogP contribution >= 0.6 is 0 Å². The average molecular weight is 298 g/mol. The molecule has 2 aromatic rings. The number of rotatable bonds is 3. The molecule has 1 saturated heterocycles. The van der Waals surface area contributed by atoms with Gasteiger partial charge in [0.25, 0.3) is 5.91 Å². The van der Waals surface area contributed by atoms with Crippen LogP contribution in [0, 0.1) is 5.92 Å². The molecule has 1 aliphatic rings. The van der Waals surface area contributed by atoms with Gasteiger partial charge < -0.3 is 14.6 Å². The Kier molecular flexibility index (Phi) is 3.71. The molecule has 0 spiro atoms. The molecule has 1 aliphatic heterocycles. The van der Waals surface area contributed by atoms with Crippen molar-refractivity contribution in [1.29, 1.82) is 0 Å². The van der Waals surface area contributed by atoms with Gasteiger partial charge in [0.05, 0.1) is 5.92 Å². The van der Waals surface area contributed by atoms with Crippen LogP contribution in [0.5, 0.6) is 0 Å². The van der Waals surface area contributed by atoms with Crippen molar-refractivity contribution in [2.45, 2.75) is 5.92 Å². The summed E-state index contributed by atoms with van der Waals surface area (Å²) in [5, 5.41) is 9.49. The third kappa shape index (κ3) is 2.50. The van der Waals surface area contributed by atoms with Crippen molar-refractivity contribution >= 4 is 11.9 Å². The monoisotopic (exact) mass is 298 g/mol. The smallest absolute Gasteiger partial charge is 0.308 e. The molecule has 0 aliphatic carbocycles. The van der Waals surface area contributed by atoms with Crippen molar-refractivity contribution in [2.75, 3.05) is 13.1 Å². The largest absolute Gasteiger partial charge is 0.481 e. The summed E-state index contributed by atoms with van der Waals surface area (Å²) in [6.45, 7) is 0.684. The van der Waals surface area contributed by atoms with Gasteiger partial charge >= 0.3 is 5.97 Å². The van der Waals surface area contributed by atoms with E-state index in [0.29, 0.717) is 12.2 Å². The summed E-state index contributed by atoms with van der Waals surface area (Å²) in [6.07, 6.45) is 1.81. The normalized spacial score (nSPS) is 21.0. The number of benzene rings is 1. The summed E-state index contributed by atoms with van der Waals surface area (Å²) < 4.78 is 1.76. The number of nitrogens with zero attached hydrogens (tertiary/aromatic N) is 2. The highest BCUT2D eigenvalue weighted by molar-refractivity contribution is 5.93. The van der Waals surface area contributed by atoms with E-state index in [1.807, 2.05) is 49.6 Å². The Balaban J connectivity index is 1.86. The van der Waals surface area contributed by atoms with Crippen molar-refractivity contribution in [3.63, 3.8) is 0 Å². The Labute approximate surface area is 128 Å². The fraction of sp³-hybridized carbons (Fsp3) is 0.294. The molecule has 5 heteroatoms. The summed E-state index contributed by atoms with van der Waals surface area (Å²) in [6, 6.07) is 13.1. The Bertz CT molecular complexity index is 693. The first-order valence-electron chi connectivity index (χ1n) is 7.26. The maximum absolute atomic E-state index is 12.6. The summed E-state index contributed by atoms with van der Waals surface area (Å²) in [5.74, 6) is -1.69. The second-order valence-corrected chi connectivity index (χ2v) is 5.68. The van der Waals surface area contributed by atoms with Crippen molar-refractivity contribution < 1.29 is 14.7 Å². The fourth-order valence-corrected chi connectivity index (χ4v) is 3.10. The lowest BCUT2D eigenvalue weighted by Crippen LogP contribution is -2.31. The molecule has 114 valence electrons. The molecule has 5 nitrogen and oxygen atoms in total. The van der Waals surface area contributed by atoms with Gasteiger partial charge in [-0.15, -0.1) is 0 Å². The molecule has 0 radical (unpaired) electrons. The van der Waals surface area contributed by atoms with Gasteiger partial charge in [0.2, 0.25) is 0 Å². The highest BCUT2D eigenvalue weighted by atomic mass is 16.4. The lowest BCUT2D eigenvalue weighted by Gasteiger charge is -2.17. The van der Waals surface area contributed by atoms with E-state index < -0.39 is 11.9 Å². The zero-order chi connectivity index (χ0) is 15.7. The molecule has 0 bridgehead atoms. The Morgan fingerprint density at radius 1 is 1.09 bits per heavy atom. The zero-order valence-corrected chi connectivity index (χ0v) is 12.3. The van der Waals surface area contributed by atoms with E-state index in [1.54, 1.807) is 15.5 Å². The lowest BCUT2D eigenvalue weighted by atomic mass is 9.89. The van der Waals surface area contributed by atoms with Gasteiger partial charge in [-0.3, -0.25) is 9.59 Å². The number of carboxylic acids is 1. The minimum Gasteiger partial charge on any atom is -0.481 e. The fourth-order valence-electron chi connectivity index (χ4n) is 3.10. The van der Waals surface area contributed by atoms with Crippen molar-refractivity contribution in [2.24, 2.45) is 13.0 Å². The number of carboxylic acid groups (broad SMARTS) is 1. The van der Waals surface area contributed by atoms with E-state index in [9.17, 15) is 14.7 Å². The van der Waals surface area contributed by atoms with Crippen LogP contribution in [0.25, 0.3) is 0 Å². The molecule has 0 saturated carbocycles. The summed E-state index contributed by atoms with van der Waals surface area (Å²) in [4.78, 5) is 25.8. The van der Waals surface area contributed by atoms with Crippen LogP contribution in [0.4, 0.5) is 0 Å². The number of aryl methyl sites for hydroxylation is 1. The van der Waals surface area contributed by atoms with E-state index in [-0.39, 0.29) is 18.4 Å². The van der Waals surface area contributed by atoms with Crippen LogP contribution in [0.2, 0.25) is 0 Å². The highest BCUT2D eigenvalue weighted by Gasteiger charge is 2.40. The number of aromatic nitrogens is 1. The van der Waals surface area contributed by atoms with Gasteiger partial charge in [-0.2, -0.15) is 0 Å². The molecule has 22 heavy (non-hydrogen) atoms. The molecule has 3 rings (SSSR count). The van der Waals surface area contributed by atoms with Gasteiger partial charge in [-0.05, 0) is 17.7 Å². The van der Waals surface area contributed by atoms with E-state index in [2.05, 4.69) is 0 Å². The second-order valence-electron chi connectivity index (χ2n) is 5.68. The van der Waals surface area contributed by atoms with Crippen LogP contribution in [-0.2, 0) is 11.8 Å². The third-order valence-corrected chi connectivity index (χ3v) is 4.31. The van der Waals surface area contributed by atoms with E-state index in [1.165, 1.54) is 0 Å². The van der Waals surface area contributed by atoms with Crippen LogP contribution < -0.4 is 0 Å². The first kappa shape index (κ1) is 14.4. The molecule has 0 unspecified atom stereocenters. The number of aliphatic carboxylic acids is 1. The van der Waals surface area contributed by atoms with Crippen molar-refractivity contribution in [1.82, 2.24) is 9.47 Å². The molecule has 1 N–H and O–H groups in total. The van der Waals surface area contributed by atoms with Gasteiger partial charge in [-0.25, -0.2) is 0 Å². The van der Waals surface area contributed by atoms with E-state index in [4.69, 9.17) is 0 Å². The van der Waals surface area contributed by atoms with Gasteiger partial charge in [0.1, 0.15) is 5.69 Å². The van der Waals surface area contributed by atoms with Crippen molar-refractivity contribution in [3.8, 4) is 0 Å². The summed E-state index contributed by atoms with van der Waals surface area (Å²) in [5.41, 5.74) is 1.55. The zero-order valence-electron chi connectivity index (χ0n) is 12.3. The lowest BCUT2D eigenvalue weighted by molar-refractivity contribution is -0.141. The van der Waals surface area contributed by atoms with Crippen molar-refractivity contribution in [3.05, 3.63) is 59.9 Å². The van der Waals surface area contributed by atoms with Crippen LogP contribution in [0.3, 0.4) is 0 Å². The van der Waals surface area contributed by atoms with E-state index in [0.717, 1.165) is 5.56 Å². The molecule has 1 amide bonds. The second kappa shape index (κ2) is 5.67. The van der Waals surface area contributed by atoms with Crippen LogP contribution in [0.15, 0.2) is 48.7 Å². The van der Waals surface area contributed by atoms with Crippen LogP contribution in [-0.4, -0.2) is 39.5 Å². The SMILES string of the molecule is Cn1cccc1C(=O)N1C[C@H](C(=O)O)[C@H](c2ccccc2)C1. The Hall–Kier alpha value is -2.56. The van der Waals surface area contributed by atoms with Gasteiger partial charge in [-0.1, -0.05) is 30.3 Å². The Morgan fingerprint density at radius 3 is 2.41 bits per heavy atom. The summed E-state index contributed by atoms with van der Waals surface area (Å²) in [7, 11) is 1.81. The molecular weight excluding hydrogens is 280 g/mol. The topological polar surface area (TPSA) is 62.5 Å². The molecule has 1 aromatic heterocycles. The number of hydrogen-bond acceptors (Lipinski definition) is 2. The quantitative estimate of drug-likeness (QED) is 0.942. The molecule has 2 heterocycles. The molecule has 1 fully saturated rings. The van der Waals surface area contributed by atoms with Gasteiger partial charge in [0.15, 0.2) is 0 Å². The van der Waals surface area contributed by atoms with E-state index >= 15 is 0 Å². The van der Waals surface area contributed by atoms with Crippen LogP contribution in [0.1, 0.15) is 22.0 Å². The maximum atomic E-state index is 12.6. The number of hydrogen-bond donors (Lipinski definition) is 1. The third-order valence-electron chi connectivity index (χ3n) is 4.31. The number of carbonyl (C=O) groups is 2.